The quantitative estimate of drug-likeness (QED) is 0.170. The molecule has 174 valence electrons. The Kier molecular flexibility index (Phi) is 21.8. The van der Waals surface area contributed by atoms with Crippen LogP contribution in [0.3, 0.4) is 0 Å². The molecule has 0 saturated carbocycles. The molecule has 0 fully saturated rings. The normalized spacial score (nSPS) is 13.5. The zero-order chi connectivity index (χ0) is 21.6. The fraction of sp³-hybridized carbons (Fsp3) is 0.963. The zero-order valence-electron chi connectivity index (χ0n) is 20.4. The minimum Gasteiger partial charge on any atom is -0.481 e. The molecule has 0 bridgehead atoms. The highest BCUT2D eigenvalue weighted by Crippen LogP contribution is 2.27. The molecule has 0 amide bonds. The number of hydrogen-bond acceptors (Lipinski definition) is 1. The van der Waals surface area contributed by atoms with Crippen LogP contribution in [0.4, 0.5) is 0 Å². The van der Waals surface area contributed by atoms with Gasteiger partial charge in [0.15, 0.2) is 0 Å². The van der Waals surface area contributed by atoms with Crippen molar-refractivity contribution in [3.8, 4) is 0 Å². The lowest BCUT2D eigenvalue weighted by Gasteiger charge is -2.21. The molecule has 2 nitrogen and oxygen atoms in total. The molecular formula is C27H54O2. The van der Waals surface area contributed by atoms with E-state index in [1.54, 1.807) is 0 Å². The summed E-state index contributed by atoms with van der Waals surface area (Å²) >= 11 is 0. The van der Waals surface area contributed by atoms with Gasteiger partial charge in [0.2, 0.25) is 0 Å². The van der Waals surface area contributed by atoms with Crippen molar-refractivity contribution in [2.75, 3.05) is 0 Å². The van der Waals surface area contributed by atoms with Gasteiger partial charge in [0.05, 0.1) is 5.92 Å². The molecular weight excluding hydrogens is 356 g/mol. The van der Waals surface area contributed by atoms with Crippen molar-refractivity contribution in [3.05, 3.63) is 0 Å². The number of aliphatic carboxylic acids is 1. The maximum absolute atomic E-state index is 11.7. The van der Waals surface area contributed by atoms with Crippen molar-refractivity contribution in [1.29, 1.82) is 0 Å². The smallest absolute Gasteiger partial charge is 0.306 e. The number of hydrogen-bond donors (Lipinski definition) is 1. The molecule has 2 unspecified atom stereocenters. The Balaban J connectivity index is 3.74. The highest BCUT2D eigenvalue weighted by atomic mass is 16.4. The maximum Gasteiger partial charge on any atom is 0.306 e. The summed E-state index contributed by atoms with van der Waals surface area (Å²) in [7, 11) is 0. The fourth-order valence-corrected chi connectivity index (χ4v) is 4.62. The molecule has 0 aromatic heterocycles. The van der Waals surface area contributed by atoms with Gasteiger partial charge in [0, 0.05) is 0 Å². The van der Waals surface area contributed by atoms with Gasteiger partial charge in [0.25, 0.3) is 0 Å². The Morgan fingerprint density at radius 1 is 0.552 bits per heavy atom. The molecule has 2 heteroatoms. The third kappa shape index (κ3) is 19.2. The predicted octanol–water partition coefficient (Wildman–Crippen LogP) is 9.56. The number of carboxylic acid groups (broad SMARTS) is 1. The van der Waals surface area contributed by atoms with Gasteiger partial charge in [-0.25, -0.2) is 0 Å². The third-order valence-corrected chi connectivity index (χ3v) is 6.54. The Bertz CT molecular complexity index is 339. The van der Waals surface area contributed by atoms with Crippen LogP contribution >= 0.6 is 0 Å². The lowest BCUT2D eigenvalue weighted by atomic mass is 9.85. The Morgan fingerprint density at radius 3 is 1.41 bits per heavy atom. The number of unbranched alkanes of at least 4 members (excludes halogenated alkanes) is 14. The minimum atomic E-state index is -0.555. The van der Waals surface area contributed by atoms with Crippen LogP contribution in [-0.2, 0) is 4.79 Å². The van der Waals surface area contributed by atoms with Crippen LogP contribution in [0.1, 0.15) is 156 Å². The second kappa shape index (κ2) is 22.2. The first-order valence-electron chi connectivity index (χ1n) is 13.4. The van der Waals surface area contributed by atoms with E-state index in [2.05, 4.69) is 20.8 Å². The van der Waals surface area contributed by atoms with E-state index in [1.807, 2.05) is 0 Å². The molecule has 1 N–H and O–H groups in total. The Morgan fingerprint density at radius 2 is 0.966 bits per heavy atom. The SMILES string of the molecule is CCCCCCCCCCCCCCCC(CC(CCC)CCCCC)C(=O)O. The predicted molar refractivity (Wildman–Crippen MR) is 129 cm³/mol. The van der Waals surface area contributed by atoms with Gasteiger partial charge in [-0.15, -0.1) is 0 Å². The van der Waals surface area contributed by atoms with Crippen LogP contribution in [0.5, 0.6) is 0 Å². The van der Waals surface area contributed by atoms with Gasteiger partial charge in [-0.05, 0) is 18.8 Å². The molecule has 0 aromatic carbocycles. The monoisotopic (exact) mass is 410 g/mol. The van der Waals surface area contributed by atoms with Gasteiger partial charge in [-0.1, -0.05) is 143 Å². The first-order chi connectivity index (χ1) is 14.2. The van der Waals surface area contributed by atoms with Crippen molar-refractivity contribution >= 4 is 5.97 Å². The molecule has 0 aliphatic heterocycles. The largest absolute Gasteiger partial charge is 0.481 e. The maximum atomic E-state index is 11.7. The molecule has 0 radical (unpaired) electrons. The van der Waals surface area contributed by atoms with Crippen molar-refractivity contribution in [3.63, 3.8) is 0 Å². The fourth-order valence-electron chi connectivity index (χ4n) is 4.62. The van der Waals surface area contributed by atoms with Gasteiger partial charge in [-0.3, -0.25) is 4.79 Å². The molecule has 29 heavy (non-hydrogen) atoms. The van der Waals surface area contributed by atoms with E-state index < -0.39 is 5.97 Å². The van der Waals surface area contributed by atoms with E-state index >= 15 is 0 Å². The second-order valence-electron chi connectivity index (χ2n) is 9.45. The minimum absolute atomic E-state index is 0.110. The van der Waals surface area contributed by atoms with Crippen LogP contribution in [0.2, 0.25) is 0 Å². The number of carboxylic acids is 1. The summed E-state index contributed by atoms with van der Waals surface area (Å²) in [5, 5.41) is 9.65. The summed E-state index contributed by atoms with van der Waals surface area (Å²) < 4.78 is 0. The third-order valence-electron chi connectivity index (χ3n) is 6.54. The molecule has 2 atom stereocenters. The molecule has 0 saturated heterocycles. The Labute approximate surface area is 183 Å². The lowest BCUT2D eigenvalue weighted by molar-refractivity contribution is -0.142. The number of carbonyl (C=O) groups is 1. The molecule has 0 spiro atoms. The lowest BCUT2D eigenvalue weighted by Crippen LogP contribution is -2.18. The van der Waals surface area contributed by atoms with Crippen molar-refractivity contribution in [1.82, 2.24) is 0 Å². The number of rotatable bonds is 23. The van der Waals surface area contributed by atoms with Crippen LogP contribution in [0.15, 0.2) is 0 Å². The van der Waals surface area contributed by atoms with Crippen molar-refractivity contribution in [2.45, 2.75) is 156 Å². The summed E-state index contributed by atoms with van der Waals surface area (Å²) in [6.45, 7) is 6.75. The summed E-state index contributed by atoms with van der Waals surface area (Å²) in [6.07, 6.45) is 26.8. The summed E-state index contributed by atoms with van der Waals surface area (Å²) in [6, 6.07) is 0. The van der Waals surface area contributed by atoms with Gasteiger partial charge >= 0.3 is 5.97 Å². The van der Waals surface area contributed by atoms with Crippen LogP contribution in [0, 0.1) is 11.8 Å². The highest BCUT2D eigenvalue weighted by molar-refractivity contribution is 5.69. The van der Waals surface area contributed by atoms with E-state index in [9.17, 15) is 9.90 Å². The van der Waals surface area contributed by atoms with E-state index in [0.29, 0.717) is 5.92 Å². The van der Waals surface area contributed by atoms with Crippen molar-refractivity contribution < 1.29 is 9.90 Å². The topological polar surface area (TPSA) is 37.3 Å². The van der Waals surface area contributed by atoms with E-state index in [0.717, 1.165) is 19.3 Å². The molecule has 0 heterocycles. The van der Waals surface area contributed by atoms with Crippen LogP contribution in [0.25, 0.3) is 0 Å². The Hall–Kier alpha value is -0.530. The molecule has 0 aliphatic rings. The van der Waals surface area contributed by atoms with E-state index in [1.165, 1.54) is 116 Å². The van der Waals surface area contributed by atoms with Crippen LogP contribution in [-0.4, -0.2) is 11.1 Å². The average molecular weight is 411 g/mol. The van der Waals surface area contributed by atoms with Gasteiger partial charge < -0.3 is 5.11 Å². The summed E-state index contributed by atoms with van der Waals surface area (Å²) in [4.78, 5) is 11.7. The molecule has 0 rings (SSSR count). The summed E-state index contributed by atoms with van der Waals surface area (Å²) in [5.41, 5.74) is 0. The first-order valence-corrected chi connectivity index (χ1v) is 13.4. The molecule has 0 aromatic rings. The van der Waals surface area contributed by atoms with E-state index in [4.69, 9.17) is 0 Å². The average Bonchev–Trinajstić information content (AvgIpc) is 2.70. The van der Waals surface area contributed by atoms with Gasteiger partial charge in [0.1, 0.15) is 0 Å². The van der Waals surface area contributed by atoms with Crippen LogP contribution < -0.4 is 0 Å². The zero-order valence-corrected chi connectivity index (χ0v) is 20.4. The highest BCUT2D eigenvalue weighted by Gasteiger charge is 2.21. The standard InChI is InChI=1S/C27H54O2/c1-4-7-9-10-11-12-13-14-15-16-17-18-20-23-26(27(28)29)24-25(21-6-3)22-19-8-5-2/h25-26H,4-24H2,1-3H3,(H,28,29). The second-order valence-corrected chi connectivity index (χ2v) is 9.45. The first kappa shape index (κ1) is 28.5. The van der Waals surface area contributed by atoms with Gasteiger partial charge in [-0.2, -0.15) is 0 Å². The van der Waals surface area contributed by atoms with E-state index in [-0.39, 0.29) is 5.92 Å². The molecule has 0 aliphatic carbocycles. The van der Waals surface area contributed by atoms with Crippen molar-refractivity contribution in [2.24, 2.45) is 11.8 Å². The summed E-state index contributed by atoms with van der Waals surface area (Å²) in [5.74, 6) is -0.0453.